The lowest BCUT2D eigenvalue weighted by molar-refractivity contribution is -0.137. The van der Waals surface area contributed by atoms with Crippen molar-refractivity contribution in [2.24, 2.45) is 0 Å². The summed E-state index contributed by atoms with van der Waals surface area (Å²) in [4.78, 5) is 12.8. The minimum atomic E-state index is -4.61. The minimum absolute atomic E-state index is 0.410. The van der Waals surface area contributed by atoms with Gasteiger partial charge in [0.1, 0.15) is 5.82 Å². The number of hydrogen-bond donors (Lipinski definition) is 1. The molecule has 1 aromatic heterocycles. The number of halogens is 3. The van der Waals surface area contributed by atoms with E-state index < -0.39 is 23.2 Å². The van der Waals surface area contributed by atoms with Gasteiger partial charge in [-0.2, -0.15) is 30.0 Å². The van der Waals surface area contributed by atoms with Gasteiger partial charge in [0.15, 0.2) is 0 Å². The predicted octanol–water partition coefficient (Wildman–Crippen LogP) is 5.51. The molecule has 1 aliphatic rings. The Hall–Kier alpha value is -2.74. The molecule has 0 spiro atoms. The van der Waals surface area contributed by atoms with Crippen molar-refractivity contribution in [3.8, 4) is 5.69 Å². The van der Waals surface area contributed by atoms with Crippen molar-refractivity contribution in [2.75, 3.05) is 5.32 Å². The van der Waals surface area contributed by atoms with E-state index in [0.717, 1.165) is 34.1 Å². The van der Waals surface area contributed by atoms with Gasteiger partial charge in [0.2, 0.25) is 0 Å². The van der Waals surface area contributed by atoms with Crippen LogP contribution in [0.5, 0.6) is 0 Å². The zero-order chi connectivity index (χ0) is 20.8. The normalized spacial score (nSPS) is 13.4. The zero-order valence-corrected chi connectivity index (χ0v) is 16.6. The van der Waals surface area contributed by atoms with Crippen LogP contribution in [0.1, 0.15) is 38.3 Å². The van der Waals surface area contributed by atoms with Crippen LogP contribution in [0.4, 0.5) is 19.0 Å². The van der Waals surface area contributed by atoms with Gasteiger partial charge in [-0.15, -0.1) is 0 Å². The van der Waals surface area contributed by atoms with Gasteiger partial charge in [-0.25, -0.2) is 4.68 Å². The van der Waals surface area contributed by atoms with Crippen LogP contribution in [0, 0.1) is 13.8 Å². The van der Waals surface area contributed by atoms with E-state index in [1.807, 2.05) is 32.0 Å². The summed E-state index contributed by atoms with van der Waals surface area (Å²) in [5, 5.41) is 7.31. The van der Waals surface area contributed by atoms with E-state index >= 15 is 0 Å². The van der Waals surface area contributed by atoms with Gasteiger partial charge >= 0.3 is 6.18 Å². The Morgan fingerprint density at radius 1 is 1.10 bits per heavy atom. The average Bonchev–Trinajstić information content (AvgIpc) is 3.26. The van der Waals surface area contributed by atoms with Gasteiger partial charge in [0.25, 0.3) is 5.91 Å². The molecule has 29 heavy (non-hydrogen) atoms. The molecule has 4 nitrogen and oxygen atoms in total. The van der Waals surface area contributed by atoms with Gasteiger partial charge in [0, 0.05) is 17.1 Å². The highest BCUT2D eigenvalue weighted by molar-refractivity contribution is 7.98. The van der Waals surface area contributed by atoms with E-state index in [4.69, 9.17) is 0 Å². The maximum atomic E-state index is 13.3. The highest BCUT2D eigenvalue weighted by atomic mass is 32.2. The van der Waals surface area contributed by atoms with Crippen LogP contribution in [-0.2, 0) is 17.7 Å². The van der Waals surface area contributed by atoms with Gasteiger partial charge < -0.3 is 5.32 Å². The maximum absolute atomic E-state index is 13.3. The quantitative estimate of drug-likeness (QED) is 0.612. The van der Waals surface area contributed by atoms with Crippen molar-refractivity contribution < 1.29 is 18.0 Å². The Morgan fingerprint density at radius 3 is 2.59 bits per heavy atom. The Balaban J connectivity index is 1.77. The Labute approximate surface area is 170 Å². The van der Waals surface area contributed by atoms with Crippen LogP contribution in [0.15, 0.2) is 42.5 Å². The van der Waals surface area contributed by atoms with E-state index in [1.54, 1.807) is 16.4 Å². The fourth-order valence-corrected chi connectivity index (χ4v) is 4.32. The number of fused-ring (bicyclic) bond motifs is 1. The smallest absolute Gasteiger partial charge is 0.306 e. The predicted molar refractivity (Wildman–Crippen MR) is 107 cm³/mol. The standard InChI is InChI=1S/C21H18F3N3OS/c1-12-7-8-14(9-13(12)2)27-19(16-10-29-11-18(16)26-27)25-20(28)15-5-3-4-6-17(15)21(22,23)24/h3-9H,10-11H2,1-2H3,(H,25,28). The number of carbonyl (C=O) groups excluding carboxylic acids is 1. The van der Waals surface area contributed by atoms with E-state index in [2.05, 4.69) is 10.4 Å². The van der Waals surface area contributed by atoms with Crippen LogP contribution >= 0.6 is 11.8 Å². The lowest BCUT2D eigenvalue weighted by Gasteiger charge is -2.15. The first-order valence-electron chi connectivity index (χ1n) is 8.99. The lowest BCUT2D eigenvalue weighted by atomic mass is 10.1. The third-order valence-electron chi connectivity index (χ3n) is 5.00. The number of nitrogens with zero attached hydrogens (tertiary/aromatic N) is 2. The fourth-order valence-electron chi connectivity index (χ4n) is 3.29. The third-order valence-corrected chi connectivity index (χ3v) is 5.97. The third kappa shape index (κ3) is 3.64. The summed E-state index contributed by atoms with van der Waals surface area (Å²) in [6.07, 6.45) is -4.61. The second-order valence-electron chi connectivity index (χ2n) is 6.94. The number of aryl methyl sites for hydroxylation is 2. The highest BCUT2D eigenvalue weighted by Crippen LogP contribution is 2.37. The first-order chi connectivity index (χ1) is 13.8. The van der Waals surface area contributed by atoms with Crippen LogP contribution in [0.3, 0.4) is 0 Å². The van der Waals surface area contributed by atoms with Crippen molar-refractivity contribution >= 4 is 23.5 Å². The first-order valence-corrected chi connectivity index (χ1v) is 10.1. The molecule has 1 amide bonds. The number of rotatable bonds is 3. The van der Waals surface area contributed by atoms with Crippen molar-refractivity contribution in [3.63, 3.8) is 0 Å². The van der Waals surface area contributed by atoms with Crippen LogP contribution < -0.4 is 5.32 Å². The molecular weight excluding hydrogens is 399 g/mol. The molecule has 0 unspecified atom stereocenters. The topological polar surface area (TPSA) is 46.9 Å². The van der Waals surface area contributed by atoms with Gasteiger partial charge in [-0.3, -0.25) is 4.79 Å². The number of benzene rings is 2. The largest absolute Gasteiger partial charge is 0.417 e. The molecule has 150 valence electrons. The molecule has 0 aliphatic carbocycles. The summed E-state index contributed by atoms with van der Waals surface area (Å²) in [5.41, 5.74) is 3.26. The number of thioether (sulfide) groups is 1. The van der Waals surface area contributed by atoms with Gasteiger partial charge in [-0.1, -0.05) is 18.2 Å². The highest BCUT2D eigenvalue weighted by Gasteiger charge is 2.35. The molecule has 1 N–H and O–H groups in total. The molecule has 8 heteroatoms. The van der Waals surface area contributed by atoms with Crippen molar-refractivity contribution in [1.29, 1.82) is 0 Å². The number of carbonyl (C=O) groups is 1. The number of alkyl halides is 3. The lowest BCUT2D eigenvalue weighted by Crippen LogP contribution is -2.20. The van der Waals surface area contributed by atoms with Crippen LogP contribution in [0.25, 0.3) is 5.69 Å². The van der Waals surface area contributed by atoms with Crippen molar-refractivity contribution in [1.82, 2.24) is 9.78 Å². The molecule has 2 heterocycles. The summed E-state index contributed by atoms with van der Waals surface area (Å²) >= 11 is 1.66. The average molecular weight is 417 g/mol. The van der Waals surface area contributed by atoms with E-state index in [0.29, 0.717) is 17.3 Å². The first kappa shape index (κ1) is 19.6. The van der Waals surface area contributed by atoms with Gasteiger partial charge in [-0.05, 0) is 49.2 Å². The second kappa shape index (κ2) is 7.26. The van der Waals surface area contributed by atoms with E-state index in [9.17, 15) is 18.0 Å². The zero-order valence-electron chi connectivity index (χ0n) is 15.8. The van der Waals surface area contributed by atoms with Gasteiger partial charge in [0.05, 0.1) is 22.5 Å². The molecule has 0 atom stereocenters. The van der Waals surface area contributed by atoms with E-state index in [-0.39, 0.29) is 0 Å². The number of aromatic nitrogens is 2. The SMILES string of the molecule is Cc1ccc(-n2nc3c(c2NC(=O)c2ccccc2C(F)(F)F)CSC3)cc1C. The molecule has 0 fully saturated rings. The Kier molecular flexibility index (Phi) is 4.90. The summed E-state index contributed by atoms with van der Waals surface area (Å²) in [7, 11) is 0. The van der Waals surface area contributed by atoms with E-state index in [1.165, 1.54) is 18.2 Å². The molecule has 0 bridgehead atoms. The molecule has 2 aromatic carbocycles. The molecule has 3 aromatic rings. The van der Waals surface area contributed by atoms with Crippen LogP contribution in [-0.4, -0.2) is 15.7 Å². The number of hydrogen-bond acceptors (Lipinski definition) is 3. The molecular formula is C21H18F3N3OS. The van der Waals surface area contributed by atoms with Crippen molar-refractivity contribution in [2.45, 2.75) is 31.5 Å². The fraction of sp³-hybridized carbons (Fsp3) is 0.238. The summed E-state index contributed by atoms with van der Waals surface area (Å²) in [6.45, 7) is 3.97. The molecule has 1 aliphatic heterocycles. The molecule has 0 saturated heterocycles. The summed E-state index contributed by atoms with van der Waals surface area (Å²) in [5.74, 6) is 0.976. The summed E-state index contributed by atoms with van der Waals surface area (Å²) < 4.78 is 41.6. The minimum Gasteiger partial charge on any atom is -0.306 e. The monoisotopic (exact) mass is 417 g/mol. The molecule has 0 saturated carbocycles. The molecule has 0 radical (unpaired) electrons. The van der Waals surface area contributed by atoms with Crippen molar-refractivity contribution in [3.05, 3.63) is 76.0 Å². The maximum Gasteiger partial charge on any atom is 0.417 e. The number of amides is 1. The number of nitrogens with one attached hydrogen (secondary N) is 1. The molecule has 4 rings (SSSR count). The Morgan fingerprint density at radius 2 is 1.86 bits per heavy atom. The second-order valence-corrected chi connectivity index (χ2v) is 7.93. The van der Waals surface area contributed by atoms with Crippen LogP contribution in [0.2, 0.25) is 0 Å². The Bertz CT molecular complexity index is 1110. The number of anilines is 1. The summed E-state index contributed by atoms with van der Waals surface area (Å²) in [6, 6.07) is 10.6.